The number of benzene rings is 3. The number of aromatic nitrogens is 3. The van der Waals surface area contributed by atoms with Crippen molar-refractivity contribution in [3.63, 3.8) is 0 Å². The average molecular weight is 542 g/mol. The number of methoxy groups -OCH3 is 1. The molecule has 6 nitrogen and oxygen atoms in total. The standard InChI is InChI=1S/C27H26Cl2N4O2S/c1-27(2,3)18-7-5-17(6-8-18)25-31-32-26(33(25)21-12-9-19(28)10-13-21)36-16-24(34)30-20-11-14-23(35-4)22(29)15-20/h5-15H,16H2,1-4H3,(H,30,34). The van der Waals surface area contributed by atoms with Gasteiger partial charge in [0.25, 0.3) is 0 Å². The minimum absolute atomic E-state index is 0.0465. The monoisotopic (exact) mass is 540 g/mol. The van der Waals surface area contributed by atoms with E-state index in [9.17, 15) is 4.79 Å². The van der Waals surface area contributed by atoms with Crippen LogP contribution in [-0.4, -0.2) is 33.5 Å². The number of halogens is 2. The normalized spacial score (nSPS) is 11.4. The zero-order valence-electron chi connectivity index (χ0n) is 20.4. The van der Waals surface area contributed by atoms with Gasteiger partial charge in [-0.15, -0.1) is 10.2 Å². The first-order valence-electron chi connectivity index (χ1n) is 11.2. The number of nitrogens with one attached hydrogen (secondary N) is 1. The Morgan fingerprint density at radius 3 is 2.31 bits per heavy atom. The van der Waals surface area contributed by atoms with Crippen LogP contribution >= 0.6 is 35.0 Å². The molecule has 0 bridgehead atoms. The molecule has 1 amide bonds. The maximum absolute atomic E-state index is 12.7. The van der Waals surface area contributed by atoms with E-state index < -0.39 is 0 Å². The highest BCUT2D eigenvalue weighted by Gasteiger charge is 2.19. The lowest BCUT2D eigenvalue weighted by Crippen LogP contribution is -2.14. The van der Waals surface area contributed by atoms with E-state index in [0.717, 1.165) is 11.3 Å². The van der Waals surface area contributed by atoms with Gasteiger partial charge in [-0.05, 0) is 53.4 Å². The van der Waals surface area contributed by atoms with E-state index in [-0.39, 0.29) is 17.1 Å². The van der Waals surface area contributed by atoms with Crippen molar-refractivity contribution in [2.75, 3.05) is 18.2 Å². The fourth-order valence-electron chi connectivity index (χ4n) is 3.56. The Labute approximate surface area is 225 Å². The van der Waals surface area contributed by atoms with Gasteiger partial charge in [0.1, 0.15) is 5.75 Å². The van der Waals surface area contributed by atoms with E-state index in [0.29, 0.717) is 32.5 Å². The largest absolute Gasteiger partial charge is 0.495 e. The maximum atomic E-state index is 12.7. The van der Waals surface area contributed by atoms with Crippen LogP contribution in [0.3, 0.4) is 0 Å². The fourth-order valence-corrected chi connectivity index (χ4v) is 4.70. The average Bonchev–Trinajstić information content (AvgIpc) is 3.27. The third-order valence-corrected chi connectivity index (χ3v) is 6.97. The second-order valence-corrected chi connectivity index (χ2v) is 10.9. The smallest absolute Gasteiger partial charge is 0.234 e. The second kappa shape index (κ2) is 10.9. The van der Waals surface area contributed by atoms with E-state index in [2.05, 4.69) is 48.4 Å². The van der Waals surface area contributed by atoms with E-state index in [1.54, 1.807) is 25.3 Å². The van der Waals surface area contributed by atoms with Crippen molar-refractivity contribution < 1.29 is 9.53 Å². The fraction of sp³-hybridized carbons (Fsp3) is 0.222. The summed E-state index contributed by atoms with van der Waals surface area (Å²) in [6.45, 7) is 6.54. The van der Waals surface area contributed by atoms with Crippen molar-refractivity contribution in [3.8, 4) is 22.8 Å². The number of thioether (sulfide) groups is 1. The maximum Gasteiger partial charge on any atom is 0.234 e. The molecule has 9 heteroatoms. The number of amides is 1. The number of hydrogen-bond donors (Lipinski definition) is 1. The molecule has 0 fully saturated rings. The topological polar surface area (TPSA) is 69.0 Å². The summed E-state index contributed by atoms with van der Waals surface area (Å²) in [6, 6.07) is 20.9. The molecule has 0 unspecified atom stereocenters. The minimum atomic E-state index is -0.192. The van der Waals surface area contributed by atoms with Gasteiger partial charge in [-0.1, -0.05) is 80.0 Å². The zero-order chi connectivity index (χ0) is 25.9. The number of hydrogen-bond acceptors (Lipinski definition) is 5. The zero-order valence-corrected chi connectivity index (χ0v) is 22.7. The van der Waals surface area contributed by atoms with E-state index in [1.807, 2.05) is 41.0 Å². The Kier molecular flexibility index (Phi) is 7.93. The highest BCUT2D eigenvalue weighted by Crippen LogP contribution is 2.31. The van der Waals surface area contributed by atoms with Crippen LogP contribution in [0.15, 0.2) is 71.9 Å². The molecule has 1 aromatic heterocycles. The predicted octanol–water partition coefficient (Wildman–Crippen LogP) is 7.28. The third-order valence-electron chi connectivity index (χ3n) is 5.50. The Morgan fingerprint density at radius 1 is 1.00 bits per heavy atom. The Hall–Kier alpha value is -3.00. The lowest BCUT2D eigenvalue weighted by Gasteiger charge is -2.19. The molecule has 0 aliphatic heterocycles. The van der Waals surface area contributed by atoms with Crippen molar-refractivity contribution in [1.29, 1.82) is 0 Å². The molecule has 3 aromatic carbocycles. The van der Waals surface area contributed by atoms with Gasteiger partial charge >= 0.3 is 0 Å². The van der Waals surface area contributed by atoms with Crippen LogP contribution in [-0.2, 0) is 10.2 Å². The van der Waals surface area contributed by atoms with E-state index in [1.165, 1.54) is 17.3 Å². The number of ether oxygens (including phenoxy) is 1. The lowest BCUT2D eigenvalue weighted by molar-refractivity contribution is -0.113. The number of nitrogens with zero attached hydrogens (tertiary/aromatic N) is 3. The molecular weight excluding hydrogens is 515 g/mol. The molecule has 0 aliphatic carbocycles. The van der Waals surface area contributed by atoms with Crippen molar-refractivity contribution >= 4 is 46.6 Å². The molecule has 4 aromatic rings. The highest BCUT2D eigenvalue weighted by atomic mass is 35.5. The summed E-state index contributed by atoms with van der Waals surface area (Å²) in [5.41, 5.74) is 3.64. The quantitative estimate of drug-likeness (QED) is 0.249. The van der Waals surface area contributed by atoms with Crippen LogP contribution in [0.4, 0.5) is 5.69 Å². The highest BCUT2D eigenvalue weighted by molar-refractivity contribution is 7.99. The molecule has 1 heterocycles. The SMILES string of the molecule is COc1ccc(NC(=O)CSc2nnc(-c3ccc(C(C)(C)C)cc3)n2-c2ccc(Cl)cc2)cc1Cl. The van der Waals surface area contributed by atoms with Crippen molar-refractivity contribution in [2.45, 2.75) is 31.3 Å². The molecule has 1 N–H and O–H groups in total. The predicted molar refractivity (Wildman–Crippen MR) is 148 cm³/mol. The van der Waals surface area contributed by atoms with Crippen LogP contribution in [0.1, 0.15) is 26.3 Å². The molecule has 0 saturated carbocycles. The first kappa shape index (κ1) is 26.1. The minimum Gasteiger partial charge on any atom is -0.495 e. The van der Waals surface area contributed by atoms with Gasteiger partial charge in [-0.25, -0.2) is 0 Å². The van der Waals surface area contributed by atoms with E-state index in [4.69, 9.17) is 27.9 Å². The molecule has 0 saturated heterocycles. The van der Waals surface area contributed by atoms with Gasteiger partial charge in [0.15, 0.2) is 11.0 Å². The van der Waals surface area contributed by atoms with Crippen LogP contribution in [0.25, 0.3) is 17.1 Å². The first-order valence-corrected chi connectivity index (χ1v) is 13.0. The van der Waals surface area contributed by atoms with Crippen molar-refractivity contribution in [1.82, 2.24) is 14.8 Å². The number of carbonyl (C=O) groups is 1. The molecule has 36 heavy (non-hydrogen) atoms. The van der Waals surface area contributed by atoms with Crippen molar-refractivity contribution in [3.05, 3.63) is 82.3 Å². The Balaban J connectivity index is 1.59. The van der Waals surface area contributed by atoms with Crippen LogP contribution in [0.2, 0.25) is 10.0 Å². The van der Waals surface area contributed by atoms with Gasteiger partial charge in [0.2, 0.25) is 5.91 Å². The summed E-state index contributed by atoms with van der Waals surface area (Å²) in [5.74, 6) is 1.17. The van der Waals surface area contributed by atoms with Gasteiger partial charge in [0, 0.05) is 22.0 Å². The van der Waals surface area contributed by atoms with Crippen LogP contribution in [0, 0.1) is 0 Å². The Morgan fingerprint density at radius 2 is 1.69 bits per heavy atom. The summed E-state index contributed by atoms with van der Waals surface area (Å²) in [5, 5.41) is 13.4. The molecule has 4 rings (SSSR count). The summed E-state index contributed by atoms with van der Waals surface area (Å²) in [4.78, 5) is 12.7. The van der Waals surface area contributed by atoms with Crippen molar-refractivity contribution in [2.24, 2.45) is 0 Å². The number of anilines is 1. The summed E-state index contributed by atoms with van der Waals surface area (Å²) in [7, 11) is 1.54. The molecule has 0 aliphatic rings. The molecule has 0 atom stereocenters. The molecule has 0 radical (unpaired) electrons. The second-order valence-electron chi connectivity index (χ2n) is 9.13. The van der Waals surface area contributed by atoms with Gasteiger partial charge in [-0.3, -0.25) is 9.36 Å². The first-order chi connectivity index (χ1) is 17.2. The number of rotatable bonds is 7. The molecule has 0 spiro atoms. The van der Waals surface area contributed by atoms with Gasteiger partial charge in [0.05, 0.1) is 17.9 Å². The number of carbonyl (C=O) groups excluding carboxylic acids is 1. The summed E-state index contributed by atoms with van der Waals surface area (Å²) in [6.07, 6.45) is 0. The van der Waals surface area contributed by atoms with Gasteiger partial charge < -0.3 is 10.1 Å². The Bertz CT molecular complexity index is 1360. The van der Waals surface area contributed by atoms with E-state index >= 15 is 0 Å². The van der Waals surface area contributed by atoms with Crippen LogP contribution < -0.4 is 10.1 Å². The molecule has 186 valence electrons. The lowest BCUT2D eigenvalue weighted by atomic mass is 9.87. The summed E-state index contributed by atoms with van der Waals surface area (Å²) < 4.78 is 7.09. The summed E-state index contributed by atoms with van der Waals surface area (Å²) >= 11 is 13.6. The third kappa shape index (κ3) is 6.03. The van der Waals surface area contributed by atoms with Gasteiger partial charge in [-0.2, -0.15) is 0 Å². The molecular formula is C27H26Cl2N4O2S. The van der Waals surface area contributed by atoms with Crippen LogP contribution in [0.5, 0.6) is 5.75 Å².